The molecule has 2 aliphatic rings. The molecule has 0 radical (unpaired) electrons. The summed E-state index contributed by atoms with van der Waals surface area (Å²) in [6.07, 6.45) is 0. The number of ether oxygens (including phenoxy) is 1. The molecule has 4 rings (SSSR count). The first-order chi connectivity index (χ1) is 11.1. The molecular weight excluding hydrogens is 312 g/mol. The average Bonchev–Trinajstić information content (AvgIpc) is 2.74. The van der Waals surface area contributed by atoms with Crippen LogP contribution in [0.4, 0.5) is 0 Å². The summed E-state index contributed by atoms with van der Waals surface area (Å²) in [4.78, 5) is 14.7. The van der Waals surface area contributed by atoms with E-state index < -0.39 is 5.54 Å². The Hall–Kier alpha value is -2.04. The molecule has 1 N–H and O–H groups in total. The molecule has 2 heterocycles. The van der Waals surface area contributed by atoms with Gasteiger partial charge in [-0.15, -0.1) is 0 Å². The van der Waals surface area contributed by atoms with Gasteiger partial charge in [0.1, 0.15) is 11.5 Å². The maximum atomic E-state index is 12.9. The van der Waals surface area contributed by atoms with Crippen molar-refractivity contribution >= 4 is 17.5 Å². The van der Waals surface area contributed by atoms with Gasteiger partial charge in [-0.3, -0.25) is 4.79 Å². The highest BCUT2D eigenvalue weighted by atomic mass is 35.5. The summed E-state index contributed by atoms with van der Waals surface area (Å²) < 4.78 is 6.13. The number of halogens is 1. The van der Waals surface area contributed by atoms with Crippen molar-refractivity contribution in [1.82, 2.24) is 10.2 Å². The summed E-state index contributed by atoms with van der Waals surface area (Å²) in [5.74, 6) is 1.21. The Morgan fingerprint density at radius 1 is 1.26 bits per heavy atom. The SMILES string of the molecule is CNC12CN(C)C(=O)C1c1ccccc1Oc1ccc(Cl)cc12. The molecule has 0 aromatic heterocycles. The lowest BCUT2D eigenvalue weighted by molar-refractivity contribution is -0.128. The van der Waals surface area contributed by atoms with Crippen LogP contribution >= 0.6 is 11.6 Å². The van der Waals surface area contributed by atoms with E-state index in [4.69, 9.17) is 16.3 Å². The van der Waals surface area contributed by atoms with Crippen LogP contribution in [0, 0.1) is 0 Å². The van der Waals surface area contributed by atoms with Gasteiger partial charge in [0.25, 0.3) is 0 Å². The number of amides is 1. The molecule has 0 spiro atoms. The van der Waals surface area contributed by atoms with Crippen molar-refractivity contribution in [3.63, 3.8) is 0 Å². The van der Waals surface area contributed by atoms with E-state index in [1.807, 2.05) is 56.6 Å². The van der Waals surface area contributed by atoms with Gasteiger partial charge < -0.3 is 15.0 Å². The Kier molecular flexibility index (Phi) is 3.15. The lowest BCUT2D eigenvalue weighted by Crippen LogP contribution is -2.46. The maximum absolute atomic E-state index is 12.9. The zero-order valence-electron chi connectivity index (χ0n) is 13.0. The molecule has 4 nitrogen and oxygen atoms in total. The first-order valence-electron chi connectivity index (χ1n) is 7.57. The minimum absolute atomic E-state index is 0.0863. The van der Waals surface area contributed by atoms with Crippen molar-refractivity contribution in [2.75, 3.05) is 20.6 Å². The summed E-state index contributed by atoms with van der Waals surface area (Å²) in [6.45, 7) is 0.567. The van der Waals surface area contributed by atoms with Crippen LogP contribution < -0.4 is 10.1 Å². The monoisotopic (exact) mass is 328 g/mol. The normalized spacial score (nSPS) is 25.3. The molecule has 118 valence electrons. The minimum atomic E-state index is -0.557. The average molecular weight is 329 g/mol. The molecule has 0 saturated carbocycles. The van der Waals surface area contributed by atoms with Crippen molar-refractivity contribution in [2.24, 2.45) is 0 Å². The lowest BCUT2D eigenvalue weighted by Gasteiger charge is -2.33. The van der Waals surface area contributed by atoms with E-state index in [0.717, 1.165) is 22.6 Å². The van der Waals surface area contributed by atoms with Gasteiger partial charge in [0.05, 0.1) is 11.5 Å². The number of carbonyl (C=O) groups is 1. The molecular formula is C18H17ClN2O2. The predicted octanol–water partition coefficient (Wildman–Crippen LogP) is 3.12. The van der Waals surface area contributed by atoms with Gasteiger partial charge in [-0.1, -0.05) is 29.8 Å². The predicted molar refractivity (Wildman–Crippen MR) is 89.1 cm³/mol. The summed E-state index contributed by atoms with van der Waals surface area (Å²) in [5, 5.41) is 4.04. The summed E-state index contributed by atoms with van der Waals surface area (Å²) in [7, 11) is 3.72. The Bertz CT molecular complexity index is 807. The largest absolute Gasteiger partial charge is 0.457 e. The number of rotatable bonds is 1. The number of likely N-dealkylation sites (tertiary alicyclic amines) is 1. The van der Waals surface area contributed by atoms with Crippen LogP contribution in [0.1, 0.15) is 17.0 Å². The van der Waals surface area contributed by atoms with Gasteiger partial charge in [0.15, 0.2) is 0 Å². The van der Waals surface area contributed by atoms with E-state index in [1.165, 1.54) is 0 Å². The maximum Gasteiger partial charge on any atom is 0.232 e. The van der Waals surface area contributed by atoms with E-state index in [0.29, 0.717) is 11.6 Å². The molecule has 0 bridgehead atoms. The van der Waals surface area contributed by atoms with E-state index in [9.17, 15) is 4.79 Å². The molecule has 5 heteroatoms. The molecule has 1 saturated heterocycles. The van der Waals surface area contributed by atoms with Gasteiger partial charge in [-0.2, -0.15) is 0 Å². The van der Waals surface area contributed by atoms with Crippen LogP contribution in [0.3, 0.4) is 0 Å². The summed E-state index contributed by atoms with van der Waals surface area (Å²) >= 11 is 6.24. The smallest absolute Gasteiger partial charge is 0.232 e. The number of likely N-dealkylation sites (N-methyl/N-ethyl adjacent to an activating group) is 2. The molecule has 2 aliphatic heterocycles. The van der Waals surface area contributed by atoms with Crippen molar-refractivity contribution in [1.29, 1.82) is 0 Å². The fraction of sp³-hybridized carbons (Fsp3) is 0.278. The van der Waals surface area contributed by atoms with Crippen LogP contribution in [-0.2, 0) is 10.3 Å². The fourth-order valence-electron chi connectivity index (χ4n) is 3.84. The number of nitrogens with zero attached hydrogens (tertiary/aromatic N) is 1. The Labute approximate surface area is 140 Å². The topological polar surface area (TPSA) is 41.6 Å². The van der Waals surface area contributed by atoms with Crippen molar-refractivity contribution < 1.29 is 9.53 Å². The third-order valence-electron chi connectivity index (χ3n) is 4.92. The number of para-hydroxylation sites is 1. The zero-order valence-corrected chi connectivity index (χ0v) is 13.7. The Balaban J connectivity index is 2.07. The van der Waals surface area contributed by atoms with Crippen molar-refractivity contribution in [3.8, 4) is 11.5 Å². The second kappa shape index (κ2) is 4.98. The molecule has 1 fully saturated rings. The number of benzene rings is 2. The summed E-state index contributed by atoms with van der Waals surface area (Å²) in [6, 6.07) is 13.3. The van der Waals surface area contributed by atoms with Gasteiger partial charge in [0, 0.05) is 29.7 Å². The van der Waals surface area contributed by atoms with Crippen LogP contribution in [0.15, 0.2) is 42.5 Å². The third kappa shape index (κ3) is 1.92. The molecule has 2 aromatic rings. The van der Waals surface area contributed by atoms with Crippen LogP contribution in [0.25, 0.3) is 0 Å². The van der Waals surface area contributed by atoms with Crippen LogP contribution in [-0.4, -0.2) is 31.4 Å². The highest BCUT2D eigenvalue weighted by Gasteiger charge is 2.55. The Morgan fingerprint density at radius 3 is 2.83 bits per heavy atom. The van der Waals surface area contributed by atoms with Gasteiger partial charge in [-0.05, 0) is 31.3 Å². The highest BCUT2D eigenvalue weighted by molar-refractivity contribution is 6.30. The number of nitrogens with one attached hydrogen (secondary N) is 1. The lowest BCUT2D eigenvalue weighted by atomic mass is 9.76. The van der Waals surface area contributed by atoms with Crippen LogP contribution in [0.5, 0.6) is 11.5 Å². The van der Waals surface area contributed by atoms with Gasteiger partial charge >= 0.3 is 0 Å². The standard InChI is InChI=1S/C18H17ClN2O2/c1-20-18-10-21(2)17(22)16(18)12-5-3-4-6-14(12)23-15-8-7-11(19)9-13(15)18/h3-9,16,20H,10H2,1-2H3. The first kappa shape index (κ1) is 14.5. The van der Waals surface area contributed by atoms with Crippen molar-refractivity contribution in [3.05, 3.63) is 58.6 Å². The first-order valence-corrected chi connectivity index (χ1v) is 7.95. The Morgan fingerprint density at radius 2 is 2.04 bits per heavy atom. The van der Waals surface area contributed by atoms with Crippen LogP contribution in [0.2, 0.25) is 5.02 Å². The van der Waals surface area contributed by atoms with Crippen molar-refractivity contribution in [2.45, 2.75) is 11.5 Å². The highest BCUT2D eigenvalue weighted by Crippen LogP contribution is 2.52. The van der Waals surface area contributed by atoms with E-state index in [1.54, 1.807) is 4.90 Å². The summed E-state index contributed by atoms with van der Waals surface area (Å²) in [5.41, 5.74) is 1.27. The molecule has 2 aromatic carbocycles. The molecule has 1 amide bonds. The van der Waals surface area contributed by atoms with Gasteiger partial charge in [-0.25, -0.2) is 0 Å². The number of hydrogen-bond acceptors (Lipinski definition) is 3. The van der Waals surface area contributed by atoms with E-state index in [-0.39, 0.29) is 11.8 Å². The molecule has 23 heavy (non-hydrogen) atoms. The number of hydrogen-bond donors (Lipinski definition) is 1. The molecule has 0 aliphatic carbocycles. The molecule has 2 atom stereocenters. The van der Waals surface area contributed by atoms with E-state index >= 15 is 0 Å². The third-order valence-corrected chi connectivity index (χ3v) is 5.16. The van der Waals surface area contributed by atoms with Gasteiger partial charge in [0.2, 0.25) is 5.91 Å². The minimum Gasteiger partial charge on any atom is -0.457 e. The number of carbonyl (C=O) groups excluding carboxylic acids is 1. The second-order valence-electron chi connectivity index (χ2n) is 6.13. The fourth-order valence-corrected chi connectivity index (χ4v) is 4.01. The number of fused-ring (bicyclic) bond motifs is 5. The second-order valence-corrected chi connectivity index (χ2v) is 6.57. The molecule has 2 unspecified atom stereocenters. The zero-order chi connectivity index (χ0) is 16.2. The quantitative estimate of drug-likeness (QED) is 0.874. The van der Waals surface area contributed by atoms with E-state index in [2.05, 4.69) is 5.32 Å².